The van der Waals surface area contributed by atoms with Crippen molar-refractivity contribution in [1.82, 2.24) is 0 Å². The van der Waals surface area contributed by atoms with Gasteiger partial charge in [-0.15, -0.1) is 0 Å². The van der Waals surface area contributed by atoms with Gasteiger partial charge in [-0.1, -0.05) is 0 Å². The average Bonchev–Trinajstić information content (AvgIpc) is 2.78. The van der Waals surface area contributed by atoms with Gasteiger partial charge in [0.15, 0.2) is 0 Å². The van der Waals surface area contributed by atoms with E-state index in [9.17, 15) is 5.11 Å². The largest absolute Gasteiger partial charge is 0.393 e. The van der Waals surface area contributed by atoms with Crippen molar-refractivity contribution in [1.29, 1.82) is 0 Å². The third-order valence-electron chi connectivity index (χ3n) is 6.54. The molecule has 0 spiro atoms. The molecule has 9 atom stereocenters. The van der Waals surface area contributed by atoms with Crippen LogP contribution in [0.5, 0.6) is 0 Å². The van der Waals surface area contributed by atoms with E-state index in [4.69, 9.17) is 0 Å². The summed E-state index contributed by atoms with van der Waals surface area (Å²) in [4.78, 5) is 0. The normalized spacial score (nSPS) is 80.5. The zero-order chi connectivity index (χ0) is 8.32. The topological polar surface area (TPSA) is 20.2 Å². The van der Waals surface area contributed by atoms with E-state index in [2.05, 4.69) is 0 Å². The lowest BCUT2D eigenvalue weighted by Gasteiger charge is -2.36. The summed E-state index contributed by atoms with van der Waals surface area (Å²) < 4.78 is 0. The summed E-state index contributed by atoms with van der Waals surface area (Å²) in [5, 5.41) is 9.97. The minimum atomic E-state index is 0.114. The number of hydrogen-bond donors (Lipinski definition) is 1. The zero-order valence-electron chi connectivity index (χ0n) is 7.76. The molecule has 0 aromatic carbocycles. The molecule has 6 saturated carbocycles. The molecule has 0 aliphatic heterocycles. The highest BCUT2D eigenvalue weighted by molar-refractivity contribution is 5.26. The summed E-state index contributed by atoms with van der Waals surface area (Å²) in [6.07, 6.45) is 4.36. The van der Waals surface area contributed by atoms with Crippen molar-refractivity contribution in [2.24, 2.45) is 47.3 Å². The lowest BCUT2D eigenvalue weighted by molar-refractivity contribution is 0.0279. The minimum Gasteiger partial charge on any atom is -0.393 e. The molecular formula is C12H16O. The highest BCUT2D eigenvalue weighted by atomic mass is 16.3. The molecule has 13 heavy (non-hydrogen) atoms. The summed E-state index contributed by atoms with van der Waals surface area (Å²) in [7, 11) is 0. The highest BCUT2D eigenvalue weighted by Crippen LogP contribution is 2.82. The van der Waals surface area contributed by atoms with Crippen LogP contribution in [0, 0.1) is 47.3 Å². The van der Waals surface area contributed by atoms with Crippen LogP contribution >= 0.6 is 0 Å². The SMILES string of the molecule is O[C@@H]1C[C@H]2[C@H]3[C@H]4CC[C@H]5[C@H]4[C@H]2[C@H]1[C@H]53. The van der Waals surface area contributed by atoms with Crippen LogP contribution in [0.15, 0.2) is 0 Å². The summed E-state index contributed by atoms with van der Waals surface area (Å²) in [5.74, 6) is 8.18. The van der Waals surface area contributed by atoms with Crippen LogP contribution in [0.3, 0.4) is 0 Å². The van der Waals surface area contributed by atoms with E-state index in [-0.39, 0.29) is 6.10 Å². The molecule has 0 aromatic rings. The van der Waals surface area contributed by atoms with Gasteiger partial charge in [0.2, 0.25) is 0 Å². The van der Waals surface area contributed by atoms with Gasteiger partial charge in [-0.3, -0.25) is 0 Å². The van der Waals surface area contributed by atoms with Crippen molar-refractivity contribution < 1.29 is 5.11 Å². The Morgan fingerprint density at radius 1 is 0.692 bits per heavy atom. The van der Waals surface area contributed by atoms with Crippen LogP contribution in [0.4, 0.5) is 0 Å². The Morgan fingerprint density at radius 3 is 2.15 bits per heavy atom. The van der Waals surface area contributed by atoms with Crippen LogP contribution in [-0.4, -0.2) is 11.2 Å². The summed E-state index contributed by atoms with van der Waals surface area (Å²) in [6.45, 7) is 0. The quantitative estimate of drug-likeness (QED) is 0.593. The number of aliphatic hydroxyl groups excluding tert-OH is 1. The number of aliphatic hydroxyl groups is 1. The summed E-state index contributed by atoms with van der Waals surface area (Å²) in [5.41, 5.74) is 0. The molecule has 6 rings (SSSR count). The second kappa shape index (κ2) is 1.60. The van der Waals surface area contributed by atoms with Gasteiger partial charge in [-0.2, -0.15) is 0 Å². The number of rotatable bonds is 0. The molecule has 0 unspecified atom stereocenters. The molecule has 6 aliphatic carbocycles. The van der Waals surface area contributed by atoms with E-state index in [0.29, 0.717) is 0 Å². The second-order valence-electron chi connectivity index (χ2n) is 6.26. The smallest absolute Gasteiger partial charge is 0.0577 e. The van der Waals surface area contributed by atoms with Gasteiger partial charge >= 0.3 is 0 Å². The van der Waals surface area contributed by atoms with Gasteiger partial charge in [0.25, 0.3) is 0 Å². The lowest BCUT2D eigenvalue weighted by atomic mass is 9.70. The fourth-order valence-electron chi connectivity index (χ4n) is 6.88. The van der Waals surface area contributed by atoms with Crippen molar-refractivity contribution in [3.05, 3.63) is 0 Å². The first kappa shape index (κ1) is 6.44. The number of hydrogen-bond acceptors (Lipinski definition) is 1. The minimum absolute atomic E-state index is 0.114. The van der Waals surface area contributed by atoms with Crippen molar-refractivity contribution in [3.8, 4) is 0 Å². The van der Waals surface area contributed by atoms with E-state index in [0.717, 1.165) is 47.3 Å². The van der Waals surface area contributed by atoms with E-state index in [1.807, 2.05) is 0 Å². The molecule has 0 aromatic heterocycles. The molecule has 6 fully saturated rings. The molecule has 0 amide bonds. The lowest BCUT2D eigenvalue weighted by Crippen LogP contribution is -2.35. The monoisotopic (exact) mass is 176 g/mol. The predicted molar refractivity (Wildman–Crippen MR) is 47.8 cm³/mol. The first-order chi connectivity index (χ1) is 6.38. The molecule has 0 radical (unpaired) electrons. The molecule has 8 bridgehead atoms. The summed E-state index contributed by atoms with van der Waals surface area (Å²) >= 11 is 0. The standard InChI is InChI=1S/C12H16O/c13-7-3-6-9-4-1-2-5-8(4)11(6)12(7)10(5)9/h4-13H,1-3H2/t4-,5-,6-,7+,8-,9+,10+,11-,12+/m0/s1. The Bertz CT molecular complexity index is 287. The fraction of sp³-hybridized carbons (Fsp3) is 1.00. The molecule has 1 heteroatoms. The van der Waals surface area contributed by atoms with Gasteiger partial charge in [-0.25, -0.2) is 0 Å². The maximum absolute atomic E-state index is 9.97. The van der Waals surface area contributed by atoms with E-state index < -0.39 is 0 Å². The fourth-order valence-corrected chi connectivity index (χ4v) is 6.88. The van der Waals surface area contributed by atoms with Crippen molar-refractivity contribution in [3.63, 3.8) is 0 Å². The van der Waals surface area contributed by atoms with Gasteiger partial charge in [0, 0.05) is 0 Å². The molecule has 1 nitrogen and oxygen atoms in total. The maximum atomic E-state index is 9.97. The summed E-state index contributed by atoms with van der Waals surface area (Å²) in [6, 6.07) is 0. The molecule has 1 N–H and O–H groups in total. The molecule has 70 valence electrons. The van der Waals surface area contributed by atoms with Crippen LogP contribution in [0.25, 0.3) is 0 Å². The third kappa shape index (κ3) is 0.423. The van der Waals surface area contributed by atoms with E-state index >= 15 is 0 Å². The Balaban J connectivity index is 1.75. The van der Waals surface area contributed by atoms with Crippen molar-refractivity contribution >= 4 is 0 Å². The highest BCUT2D eigenvalue weighted by Gasteiger charge is 2.78. The first-order valence-electron chi connectivity index (χ1n) is 6.06. The van der Waals surface area contributed by atoms with Gasteiger partial charge in [0.1, 0.15) is 0 Å². The van der Waals surface area contributed by atoms with Crippen LogP contribution in [0.1, 0.15) is 19.3 Å². The van der Waals surface area contributed by atoms with Gasteiger partial charge in [-0.05, 0) is 66.6 Å². The van der Waals surface area contributed by atoms with Gasteiger partial charge < -0.3 is 5.11 Å². The zero-order valence-corrected chi connectivity index (χ0v) is 7.76. The molecule has 0 heterocycles. The third-order valence-corrected chi connectivity index (χ3v) is 6.54. The van der Waals surface area contributed by atoms with Crippen molar-refractivity contribution in [2.75, 3.05) is 0 Å². The molecule has 6 aliphatic rings. The Kier molecular flexibility index (Phi) is 0.793. The second-order valence-corrected chi connectivity index (χ2v) is 6.26. The van der Waals surface area contributed by atoms with E-state index in [1.165, 1.54) is 12.8 Å². The van der Waals surface area contributed by atoms with Crippen molar-refractivity contribution in [2.45, 2.75) is 25.4 Å². The van der Waals surface area contributed by atoms with Crippen LogP contribution < -0.4 is 0 Å². The predicted octanol–water partition coefficient (Wildman–Crippen LogP) is 1.52. The molecular weight excluding hydrogens is 160 g/mol. The van der Waals surface area contributed by atoms with E-state index in [1.54, 1.807) is 6.42 Å². The Labute approximate surface area is 78.5 Å². The average molecular weight is 176 g/mol. The Hall–Kier alpha value is -0.0400. The van der Waals surface area contributed by atoms with Gasteiger partial charge in [0.05, 0.1) is 6.10 Å². The molecule has 0 saturated heterocycles. The Morgan fingerprint density at radius 2 is 1.31 bits per heavy atom. The van der Waals surface area contributed by atoms with Crippen LogP contribution in [-0.2, 0) is 0 Å². The first-order valence-corrected chi connectivity index (χ1v) is 6.06. The van der Waals surface area contributed by atoms with Crippen LogP contribution in [0.2, 0.25) is 0 Å². The maximum Gasteiger partial charge on any atom is 0.0577 e.